The highest BCUT2D eigenvalue weighted by molar-refractivity contribution is 5.86. The summed E-state index contributed by atoms with van der Waals surface area (Å²) in [6.45, 7) is 10.1. The molecule has 0 radical (unpaired) electrons. The van der Waals surface area contributed by atoms with E-state index in [1.165, 1.54) is 44.6 Å². The average Bonchev–Trinajstić information content (AvgIpc) is 2.28. The normalized spacial score (nSPS) is 9.31. The summed E-state index contributed by atoms with van der Waals surface area (Å²) < 4.78 is 0. The Balaban J connectivity index is 0. The van der Waals surface area contributed by atoms with Gasteiger partial charge in [0.25, 0.3) is 0 Å². The molecule has 0 aromatic carbocycles. The second-order valence-corrected chi connectivity index (χ2v) is 4.42. The third kappa shape index (κ3) is 18.9. The van der Waals surface area contributed by atoms with Gasteiger partial charge in [-0.15, -0.1) is 0 Å². The first-order valence-electron chi connectivity index (χ1n) is 6.42. The van der Waals surface area contributed by atoms with Gasteiger partial charge in [-0.1, -0.05) is 65.9 Å². The quantitative estimate of drug-likeness (QED) is 0.518. The molecule has 0 saturated heterocycles. The van der Waals surface area contributed by atoms with Crippen molar-refractivity contribution < 1.29 is 4.79 Å². The Labute approximate surface area is 102 Å². The number of amides is 1. The Morgan fingerprint density at radius 1 is 1.25 bits per heavy atom. The van der Waals surface area contributed by atoms with Crippen molar-refractivity contribution >= 4 is 5.91 Å². The molecule has 0 atom stereocenters. The molecule has 1 N–H and O–H groups in total. The maximum absolute atomic E-state index is 9.95. The standard InChI is InChI=1S/C10H22.C4H7NO/c1-4-5-6-7-8-9-10(2)3;1-3-4(6)5-2/h10H,4-9H2,1-3H3;3H,1H2,2H3,(H,5,6). The Kier molecular flexibility index (Phi) is 15.6. The lowest BCUT2D eigenvalue weighted by molar-refractivity contribution is -0.116. The fourth-order valence-corrected chi connectivity index (χ4v) is 1.26. The molecule has 0 aromatic rings. The number of nitrogens with one attached hydrogen (secondary N) is 1. The van der Waals surface area contributed by atoms with Crippen LogP contribution in [0.15, 0.2) is 12.7 Å². The van der Waals surface area contributed by atoms with Crippen molar-refractivity contribution in [2.24, 2.45) is 5.92 Å². The highest BCUT2D eigenvalue weighted by atomic mass is 16.1. The Bertz CT molecular complexity index is 164. The van der Waals surface area contributed by atoms with Gasteiger partial charge in [-0.05, 0) is 12.0 Å². The average molecular weight is 227 g/mol. The lowest BCUT2D eigenvalue weighted by Gasteiger charge is -2.02. The molecule has 0 rings (SSSR count). The molecule has 0 aliphatic carbocycles. The highest BCUT2D eigenvalue weighted by Crippen LogP contribution is 2.09. The van der Waals surface area contributed by atoms with Gasteiger partial charge in [0, 0.05) is 7.05 Å². The van der Waals surface area contributed by atoms with Crippen molar-refractivity contribution in [3.05, 3.63) is 12.7 Å². The van der Waals surface area contributed by atoms with E-state index in [-0.39, 0.29) is 5.91 Å². The number of unbranched alkanes of at least 4 members (excludes halogenated alkanes) is 4. The fourth-order valence-electron chi connectivity index (χ4n) is 1.26. The second-order valence-electron chi connectivity index (χ2n) is 4.42. The van der Waals surface area contributed by atoms with Gasteiger partial charge in [0.15, 0.2) is 0 Å². The lowest BCUT2D eigenvalue weighted by atomic mass is 10.0. The van der Waals surface area contributed by atoms with Gasteiger partial charge in [-0.2, -0.15) is 0 Å². The molecule has 2 nitrogen and oxygen atoms in total. The van der Waals surface area contributed by atoms with Crippen LogP contribution in [0.3, 0.4) is 0 Å². The SMILES string of the molecule is C=CC(=O)NC.CCCCCCCC(C)C. The molecule has 0 aliphatic heterocycles. The Hall–Kier alpha value is -0.790. The lowest BCUT2D eigenvalue weighted by Crippen LogP contribution is -2.13. The second kappa shape index (κ2) is 14.2. The molecule has 0 aliphatic rings. The van der Waals surface area contributed by atoms with Gasteiger partial charge in [0.2, 0.25) is 5.91 Å². The van der Waals surface area contributed by atoms with Crippen molar-refractivity contribution in [2.75, 3.05) is 7.05 Å². The van der Waals surface area contributed by atoms with E-state index in [4.69, 9.17) is 0 Å². The first-order chi connectivity index (χ1) is 7.58. The molecule has 0 spiro atoms. The van der Waals surface area contributed by atoms with E-state index in [0.717, 1.165) is 5.92 Å². The summed E-state index contributed by atoms with van der Waals surface area (Å²) in [5.74, 6) is 0.761. The third-order valence-corrected chi connectivity index (χ3v) is 2.32. The number of carbonyl (C=O) groups excluding carboxylic acids is 1. The molecular formula is C14H29NO. The van der Waals surface area contributed by atoms with E-state index in [1.807, 2.05) is 0 Å². The summed E-state index contributed by atoms with van der Waals surface area (Å²) >= 11 is 0. The van der Waals surface area contributed by atoms with Crippen molar-refractivity contribution in [3.8, 4) is 0 Å². The summed E-state index contributed by atoms with van der Waals surface area (Å²) in [5.41, 5.74) is 0. The maximum atomic E-state index is 9.95. The molecule has 0 heterocycles. The molecule has 0 saturated carbocycles. The number of hydrogen-bond acceptors (Lipinski definition) is 1. The first kappa shape index (κ1) is 17.6. The molecule has 0 bridgehead atoms. The van der Waals surface area contributed by atoms with Crippen LogP contribution in [-0.4, -0.2) is 13.0 Å². The monoisotopic (exact) mass is 227 g/mol. The zero-order valence-electron chi connectivity index (χ0n) is 11.5. The number of carbonyl (C=O) groups is 1. The van der Waals surface area contributed by atoms with E-state index in [0.29, 0.717) is 0 Å². The summed E-state index contributed by atoms with van der Waals surface area (Å²) in [4.78, 5) is 9.95. The van der Waals surface area contributed by atoms with Crippen LogP contribution in [0.25, 0.3) is 0 Å². The molecule has 96 valence electrons. The molecule has 0 aromatic heterocycles. The molecule has 2 heteroatoms. The van der Waals surface area contributed by atoms with Gasteiger partial charge in [-0.3, -0.25) is 4.79 Å². The van der Waals surface area contributed by atoms with Crippen LogP contribution in [-0.2, 0) is 4.79 Å². The molecular weight excluding hydrogens is 198 g/mol. The number of rotatable bonds is 7. The smallest absolute Gasteiger partial charge is 0.243 e. The van der Waals surface area contributed by atoms with Crippen molar-refractivity contribution in [1.29, 1.82) is 0 Å². The maximum Gasteiger partial charge on any atom is 0.243 e. The molecule has 16 heavy (non-hydrogen) atoms. The van der Waals surface area contributed by atoms with Crippen LogP contribution in [0.2, 0.25) is 0 Å². The zero-order valence-corrected chi connectivity index (χ0v) is 11.5. The Morgan fingerprint density at radius 3 is 2.12 bits per heavy atom. The topological polar surface area (TPSA) is 29.1 Å². The predicted octanol–water partition coefficient (Wildman–Crippen LogP) is 3.92. The summed E-state index contributed by atoms with van der Waals surface area (Å²) in [6.07, 6.45) is 9.77. The summed E-state index contributed by atoms with van der Waals surface area (Å²) in [6, 6.07) is 0. The van der Waals surface area contributed by atoms with Gasteiger partial charge in [0.05, 0.1) is 0 Å². The zero-order chi connectivity index (χ0) is 12.8. The third-order valence-electron chi connectivity index (χ3n) is 2.32. The van der Waals surface area contributed by atoms with Crippen LogP contribution in [0.4, 0.5) is 0 Å². The minimum atomic E-state index is -0.144. The number of likely N-dealkylation sites (N-methyl/N-ethyl adjacent to an activating group) is 1. The minimum Gasteiger partial charge on any atom is -0.356 e. The van der Waals surface area contributed by atoms with Crippen LogP contribution >= 0.6 is 0 Å². The van der Waals surface area contributed by atoms with Crippen LogP contribution < -0.4 is 5.32 Å². The predicted molar refractivity (Wildman–Crippen MR) is 72.5 cm³/mol. The van der Waals surface area contributed by atoms with Gasteiger partial charge in [0.1, 0.15) is 0 Å². The van der Waals surface area contributed by atoms with Crippen molar-refractivity contribution in [2.45, 2.75) is 59.3 Å². The van der Waals surface area contributed by atoms with Crippen molar-refractivity contribution in [3.63, 3.8) is 0 Å². The van der Waals surface area contributed by atoms with Gasteiger partial charge in [-0.25, -0.2) is 0 Å². The van der Waals surface area contributed by atoms with Gasteiger partial charge >= 0.3 is 0 Å². The van der Waals surface area contributed by atoms with E-state index in [1.54, 1.807) is 7.05 Å². The summed E-state index contributed by atoms with van der Waals surface area (Å²) in [7, 11) is 1.56. The molecule has 0 unspecified atom stereocenters. The largest absolute Gasteiger partial charge is 0.356 e. The van der Waals surface area contributed by atoms with Gasteiger partial charge < -0.3 is 5.32 Å². The molecule has 1 amide bonds. The summed E-state index contributed by atoms with van der Waals surface area (Å²) in [5, 5.41) is 2.36. The highest BCUT2D eigenvalue weighted by Gasteiger charge is 1.92. The van der Waals surface area contributed by atoms with E-state index in [9.17, 15) is 4.79 Å². The van der Waals surface area contributed by atoms with E-state index in [2.05, 4.69) is 32.7 Å². The minimum absolute atomic E-state index is 0.144. The van der Waals surface area contributed by atoms with Crippen LogP contribution in [0.5, 0.6) is 0 Å². The fraction of sp³-hybridized carbons (Fsp3) is 0.786. The first-order valence-corrected chi connectivity index (χ1v) is 6.42. The van der Waals surface area contributed by atoms with Crippen molar-refractivity contribution in [1.82, 2.24) is 5.32 Å². The van der Waals surface area contributed by atoms with E-state index < -0.39 is 0 Å². The number of hydrogen-bond donors (Lipinski definition) is 1. The molecule has 0 fully saturated rings. The van der Waals surface area contributed by atoms with Crippen LogP contribution in [0, 0.1) is 5.92 Å². The van der Waals surface area contributed by atoms with E-state index >= 15 is 0 Å². The van der Waals surface area contributed by atoms with Crippen LogP contribution in [0.1, 0.15) is 59.3 Å². The Morgan fingerprint density at radius 2 is 1.81 bits per heavy atom.